The molecule has 1 aliphatic heterocycles. The molecule has 1 saturated heterocycles. The standard InChI is InChI=1S/C29H32F2N8O5S/c1-4-38(3)45(43,44)36-23-6-5-22(30)25(26(23)31)27(42)21-15-33-28-20(21)11-17(12-32-28)18-13-34-29(35-14-18)39-9-7-19(8-10-39)37(2)16-24(40)41/h5-6,11-15,19,36H,4,7-10,16H2,1-3H3,(H,32,33)(H,40,41). The number of pyridine rings is 1. The number of likely N-dealkylation sites (N-methyl/N-ethyl adjacent to an activating group) is 1. The monoisotopic (exact) mass is 642 g/mol. The molecule has 3 N–H and O–H groups in total. The van der Waals surface area contributed by atoms with E-state index in [1.807, 2.05) is 9.80 Å². The van der Waals surface area contributed by atoms with Gasteiger partial charge in [0, 0.05) is 79.6 Å². The summed E-state index contributed by atoms with van der Waals surface area (Å²) in [5.41, 5.74) is -0.0770. The number of hydrogen-bond donors (Lipinski definition) is 3. The average molecular weight is 643 g/mol. The summed E-state index contributed by atoms with van der Waals surface area (Å²) < 4.78 is 58.2. The number of ketones is 1. The van der Waals surface area contributed by atoms with Crippen LogP contribution in [0.4, 0.5) is 20.4 Å². The number of carboxylic acid groups (broad SMARTS) is 1. The minimum atomic E-state index is -4.13. The number of rotatable bonds is 11. The van der Waals surface area contributed by atoms with Crippen molar-refractivity contribution in [3.8, 4) is 11.1 Å². The zero-order valence-electron chi connectivity index (χ0n) is 24.8. The molecule has 0 aliphatic carbocycles. The maximum atomic E-state index is 15.4. The Morgan fingerprint density at radius 3 is 2.40 bits per heavy atom. The van der Waals surface area contributed by atoms with Crippen molar-refractivity contribution in [2.45, 2.75) is 25.8 Å². The van der Waals surface area contributed by atoms with E-state index in [1.165, 1.54) is 13.2 Å². The number of aliphatic carboxylic acids is 1. The third-order valence-electron chi connectivity index (χ3n) is 7.92. The number of nitrogens with zero attached hydrogens (tertiary/aromatic N) is 6. The molecule has 4 aromatic rings. The number of H-pyrrole nitrogens is 1. The van der Waals surface area contributed by atoms with E-state index in [0.29, 0.717) is 41.2 Å². The molecular formula is C29H32F2N8O5S. The first-order valence-electron chi connectivity index (χ1n) is 14.1. The predicted molar refractivity (Wildman–Crippen MR) is 163 cm³/mol. The van der Waals surface area contributed by atoms with E-state index in [4.69, 9.17) is 5.11 Å². The normalized spacial score (nSPS) is 14.4. The predicted octanol–water partition coefficient (Wildman–Crippen LogP) is 3.12. The lowest BCUT2D eigenvalue weighted by molar-refractivity contribution is -0.138. The number of benzene rings is 1. The number of aromatic nitrogens is 4. The minimum absolute atomic E-state index is 0.0165. The van der Waals surface area contributed by atoms with E-state index in [9.17, 15) is 22.4 Å². The first-order chi connectivity index (χ1) is 21.4. The zero-order chi connectivity index (χ0) is 32.5. The minimum Gasteiger partial charge on any atom is -0.480 e. The number of anilines is 2. The Balaban J connectivity index is 1.37. The topological polar surface area (TPSA) is 165 Å². The smallest absolute Gasteiger partial charge is 0.317 e. The van der Waals surface area contributed by atoms with Crippen molar-refractivity contribution in [3.63, 3.8) is 0 Å². The SMILES string of the molecule is CCN(C)S(=O)(=O)Nc1ccc(F)c(C(=O)c2c[nH]c3ncc(-c4cnc(N5CCC(N(C)CC(=O)O)CC5)nc4)cc23)c1F. The van der Waals surface area contributed by atoms with Gasteiger partial charge in [0.15, 0.2) is 5.82 Å². The summed E-state index contributed by atoms with van der Waals surface area (Å²) >= 11 is 0. The van der Waals surface area contributed by atoms with Crippen molar-refractivity contribution in [2.75, 3.05) is 49.9 Å². The highest BCUT2D eigenvalue weighted by Gasteiger charge is 2.28. The van der Waals surface area contributed by atoms with Crippen LogP contribution < -0.4 is 9.62 Å². The molecular weight excluding hydrogens is 610 g/mol. The molecule has 0 unspecified atom stereocenters. The molecule has 0 radical (unpaired) electrons. The number of carboxylic acids is 1. The summed E-state index contributed by atoms with van der Waals surface area (Å²) in [6.45, 7) is 3.01. The molecule has 4 heterocycles. The van der Waals surface area contributed by atoms with Gasteiger partial charge < -0.3 is 15.0 Å². The second-order valence-electron chi connectivity index (χ2n) is 10.8. The fraction of sp³-hybridized carbons (Fsp3) is 0.345. The Kier molecular flexibility index (Phi) is 9.08. The Hall–Kier alpha value is -4.54. The largest absolute Gasteiger partial charge is 0.480 e. The molecule has 0 atom stereocenters. The maximum absolute atomic E-state index is 15.4. The Labute approximate surface area is 258 Å². The maximum Gasteiger partial charge on any atom is 0.317 e. The molecule has 1 aliphatic rings. The van der Waals surface area contributed by atoms with Gasteiger partial charge in [-0.15, -0.1) is 0 Å². The lowest BCUT2D eigenvalue weighted by Crippen LogP contribution is -2.45. The quantitative estimate of drug-likeness (QED) is 0.207. The van der Waals surface area contributed by atoms with Gasteiger partial charge in [-0.05, 0) is 38.1 Å². The second-order valence-corrected chi connectivity index (χ2v) is 12.5. The highest BCUT2D eigenvalue weighted by Crippen LogP contribution is 2.30. The van der Waals surface area contributed by atoms with Crippen LogP contribution in [-0.4, -0.2) is 101 Å². The molecule has 0 spiro atoms. The van der Waals surface area contributed by atoms with E-state index in [1.54, 1.807) is 38.6 Å². The third kappa shape index (κ3) is 6.62. The fourth-order valence-electron chi connectivity index (χ4n) is 5.19. The summed E-state index contributed by atoms with van der Waals surface area (Å²) in [6.07, 6.45) is 7.61. The Bertz CT molecular complexity index is 1840. The van der Waals surface area contributed by atoms with E-state index < -0.39 is 44.8 Å². The number of fused-ring (bicyclic) bond motifs is 1. The molecule has 3 aromatic heterocycles. The number of hydrogen-bond acceptors (Lipinski definition) is 9. The number of halogens is 2. The van der Waals surface area contributed by atoms with Crippen LogP contribution in [0, 0.1) is 11.6 Å². The van der Waals surface area contributed by atoms with Crippen LogP contribution in [0.3, 0.4) is 0 Å². The molecule has 13 nitrogen and oxygen atoms in total. The lowest BCUT2D eigenvalue weighted by atomic mass is 10.0. The van der Waals surface area contributed by atoms with Crippen LogP contribution in [0.2, 0.25) is 0 Å². The Morgan fingerprint density at radius 1 is 1.09 bits per heavy atom. The van der Waals surface area contributed by atoms with Crippen molar-refractivity contribution >= 4 is 44.6 Å². The fourth-order valence-corrected chi connectivity index (χ4v) is 6.12. The molecule has 5 rings (SSSR count). The Morgan fingerprint density at radius 2 is 1.76 bits per heavy atom. The van der Waals surface area contributed by atoms with Gasteiger partial charge in [0.1, 0.15) is 11.5 Å². The van der Waals surface area contributed by atoms with Crippen molar-refractivity contribution in [1.82, 2.24) is 29.1 Å². The molecule has 1 fully saturated rings. The first kappa shape index (κ1) is 31.9. The van der Waals surface area contributed by atoms with Crippen molar-refractivity contribution in [1.29, 1.82) is 0 Å². The molecule has 0 bridgehead atoms. The van der Waals surface area contributed by atoms with E-state index >= 15 is 4.39 Å². The number of aromatic amines is 1. The van der Waals surface area contributed by atoms with E-state index in [-0.39, 0.29) is 24.7 Å². The van der Waals surface area contributed by atoms with Crippen LogP contribution in [-0.2, 0) is 15.0 Å². The van der Waals surface area contributed by atoms with Gasteiger partial charge >= 0.3 is 16.2 Å². The van der Waals surface area contributed by atoms with Crippen LogP contribution in [0.15, 0.2) is 43.0 Å². The zero-order valence-corrected chi connectivity index (χ0v) is 25.6. The molecule has 238 valence electrons. The number of nitrogens with one attached hydrogen (secondary N) is 2. The van der Waals surface area contributed by atoms with Crippen molar-refractivity contribution < 1.29 is 31.9 Å². The molecule has 45 heavy (non-hydrogen) atoms. The van der Waals surface area contributed by atoms with Gasteiger partial charge in [0.25, 0.3) is 0 Å². The number of carbonyl (C=O) groups is 2. The molecule has 1 aromatic carbocycles. The summed E-state index contributed by atoms with van der Waals surface area (Å²) in [5, 5.41) is 9.34. The van der Waals surface area contributed by atoms with Gasteiger partial charge in [0.05, 0.1) is 17.8 Å². The van der Waals surface area contributed by atoms with Crippen LogP contribution in [0.1, 0.15) is 35.7 Å². The van der Waals surface area contributed by atoms with E-state index in [0.717, 1.165) is 29.3 Å². The van der Waals surface area contributed by atoms with Crippen LogP contribution in [0.5, 0.6) is 0 Å². The van der Waals surface area contributed by atoms with Crippen LogP contribution >= 0.6 is 0 Å². The summed E-state index contributed by atoms with van der Waals surface area (Å²) in [5.74, 6) is -3.82. The van der Waals surface area contributed by atoms with E-state index in [2.05, 4.69) is 24.7 Å². The lowest BCUT2D eigenvalue weighted by Gasteiger charge is -2.36. The molecule has 16 heteroatoms. The van der Waals surface area contributed by atoms with Crippen molar-refractivity contribution in [3.05, 3.63) is 65.7 Å². The van der Waals surface area contributed by atoms with Crippen LogP contribution in [0.25, 0.3) is 22.2 Å². The molecule has 0 amide bonds. The van der Waals surface area contributed by atoms with Gasteiger partial charge in [-0.2, -0.15) is 12.7 Å². The van der Waals surface area contributed by atoms with Gasteiger partial charge in [0.2, 0.25) is 11.7 Å². The first-order valence-corrected chi connectivity index (χ1v) is 15.6. The average Bonchev–Trinajstić information content (AvgIpc) is 3.45. The molecule has 0 saturated carbocycles. The number of piperidine rings is 1. The summed E-state index contributed by atoms with van der Waals surface area (Å²) in [4.78, 5) is 44.5. The van der Waals surface area contributed by atoms with Crippen molar-refractivity contribution in [2.24, 2.45) is 0 Å². The van der Waals surface area contributed by atoms with Gasteiger partial charge in [-0.1, -0.05) is 6.92 Å². The van der Waals surface area contributed by atoms with Gasteiger partial charge in [-0.3, -0.25) is 19.2 Å². The highest BCUT2D eigenvalue weighted by atomic mass is 32.2. The third-order valence-corrected chi connectivity index (χ3v) is 9.47. The summed E-state index contributed by atoms with van der Waals surface area (Å²) in [7, 11) is -1.04. The summed E-state index contributed by atoms with van der Waals surface area (Å²) in [6, 6.07) is 3.53. The second kappa shape index (κ2) is 12.8. The van der Waals surface area contributed by atoms with Gasteiger partial charge in [-0.25, -0.2) is 23.7 Å². The highest BCUT2D eigenvalue weighted by molar-refractivity contribution is 7.90. The number of carbonyl (C=O) groups excluding carboxylic acids is 1.